The number of carbonyl (C=O) groups is 1. The fourth-order valence-corrected chi connectivity index (χ4v) is 4.74. The fourth-order valence-electron chi connectivity index (χ4n) is 3.12. The molecule has 0 bridgehead atoms. The number of hydrogen-bond donors (Lipinski definition) is 0. The van der Waals surface area contributed by atoms with Gasteiger partial charge >= 0.3 is 5.69 Å². The number of amides is 1. The number of rotatable bonds is 4. The Bertz CT molecular complexity index is 724. The zero-order valence-electron chi connectivity index (χ0n) is 12.5. The monoisotopic (exact) mass is 342 g/mol. The molecule has 2 aliphatic rings. The maximum absolute atomic E-state index is 12.5. The summed E-state index contributed by atoms with van der Waals surface area (Å²) in [6.45, 7) is 0.0722. The van der Waals surface area contributed by atoms with Gasteiger partial charge in [-0.2, -0.15) is 5.10 Å². The van der Waals surface area contributed by atoms with Crippen LogP contribution in [0, 0.1) is 16.0 Å². The normalized spacial score (nSPS) is 24.2. The van der Waals surface area contributed by atoms with Crippen LogP contribution in [-0.2, 0) is 21.2 Å². The van der Waals surface area contributed by atoms with Crippen LogP contribution in [0.5, 0.6) is 0 Å². The molecule has 2 heterocycles. The molecule has 1 aliphatic carbocycles. The second kappa shape index (κ2) is 5.91. The molecule has 3 rings (SSSR count). The third-order valence-corrected chi connectivity index (χ3v) is 6.26. The summed E-state index contributed by atoms with van der Waals surface area (Å²) in [6, 6.07) is -0.277. The van der Waals surface area contributed by atoms with Crippen LogP contribution in [0.3, 0.4) is 0 Å². The first-order valence-electron chi connectivity index (χ1n) is 7.52. The maximum Gasteiger partial charge on any atom is 0.307 e. The van der Waals surface area contributed by atoms with Crippen molar-refractivity contribution in [3.8, 4) is 0 Å². The Morgan fingerprint density at radius 2 is 2.17 bits per heavy atom. The van der Waals surface area contributed by atoms with E-state index in [2.05, 4.69) is 5.10 Å². The molecule has 2 fully saturated rings. The lowest BCUT2D eigenvalue weighted by Crippen LogP contribution is -2.56. The topological polar surface area (TPSA) is 115 Å². The Labute approximate surface area is 133 Å². The number of hydrogen-bond acceptors (Lipinski definition) is 6. The lowest BCUT2D eigenvalue weighted by atomic mass is 9.79. The van der Waals surface area contributed by atoms with Gasteiger partial charge in [0.25, 0.3) is 0 Å². The third-order valence-electron chi connectivity index (χ3n) is 4.61. The van der Waals surface area contributed by atoms with Crippen LogP contribution in [-0.4, -0.2) is 58.0 Å². The van der Waals surface area contributed by atoms with Crippen LogP contribution in [0.15, 0.2) is 12.4 Å². The summed E-state index contributed by atoms with van der Waals surface area (Å²) in [6.07, 6.45) is 5.25. The van der Waals surface area contributed by atoms with Gasteiger partial charge in [0.15, 0.2) is 9.84 Å². The number of nitro groups is 1. The van der Waals surface area contributed by atoms with Gasteiger partial charge in [0.2, 0.25) is 5.91 Å². The summed E-state index contributed by atoms with van der Waals surface area (Å²) in [7, 11) is -3.11. The zero-order valence-corrected chi connectivity index (χ0v) is 13.3. The SMILES string of the molecule is O=C(Cn1cc([N+](=O)[O-])cn1)N1CCS(=O)(=O)CC1C1CCC1. The van der Waals surface area contributed by atoms with Gasteiger partial charge in [0, 0.05) is 12.6 Å². The van der Waals surface area contributed by atoms with E-state index in [1.165, 1.54) is 10.9 Å². The molecule has 23 heavy (non-hydrogen) atoms. The average molecular weight is 342 g/mol. The maximum atomic E-state index is 12.5. The molecule has 9 nitrogen and oxygen atoms in total. The van der Waals surface area contributed by atoms with E-state index in [1.807, 2.05) is 0 Å². The summed E-state index contributed by atoms with van der Waals surface area (Å²) in [5.41, 5.74) is -0.172. The predicted molar refractivity (Wildman–Crippen MR) is 80.4 cm³/mol. The van der Waals surface area contributed by atoms with Crippen molar-refractivity contribution in [2.75, 3.05) is 18.1 Å². The zero-order chi connectivity index (χ0) is 16.6. The number of carbonyl (C=O) groups excluding carboxylic acids is 1. The minimum Gasteiger partial charge on any atom is -0.336 e. The summed E-state index contributed by atoms with van der Waals surface area (Å²) < 4.78 is 25.0. The molecule has 1 amide bonds. The van der Waals surface area contributed by atoms with E-state index in [-0.39, 0.29) is 48.1 Å². The van der Waals surface area contributed by atoms with Crippen LogP contribution in [0.25, 0.3) is 0 Å². The second-order valence-corrected chi connectivity index (χ2v) is 8.34. The van der Waals surface area contributed by atoms with Crippen molar-refractivity contribution in [2.45, 2.75) is 31.8 Å². The van der Waals surface area contributed by atoms with Gasteiger partial charge in [-0.25, -0.2) is 8.42 Å². The summed E-state index contributed by atoms with van der Waals surface area (Å²) in [4.78, 5) is 24.2. The van der Waals surface area contributed by atoms with Crippen molar-refractivity contribution in [3.63, 3.8) is 0 Å². The van der Waals surface area contributed by atoms with Crippen molar-refractivity contribution in [3.05, 3.63) is 22.5 Å². The van der Waals surface area contributed by atoms with Gasteiger partial charge in [0.05, 0.1) is 16.4 Å². The van der Waals surface area contributed by atoms with Gasteiger partial charge < -0.3 is 4.90 Å². The molecule has 0 spiro atoms. The van der Waals surface area contributed by atoms with Crippen LogP contribution in [0.1, 0.15) is 19.3 Å². The van der Waals surface area contributed by atoms with Crippen LogP contribution >= 0.6 is 0 Å². The highest BCUT2D eigenvalue weighted by atomic mass is 32.2. The number of aromatic nitrogens is 2. The number of sulfone groups is 1. The van der Waals surface area contributed by atoms with Crippen LogP contribution in [0.2, 0.25) is 0 Å². The molecule has 1 aromatic heterocycles. The fraction of sp³-hybridized carbons (Fsp3) is 0.692. The Hall–Kier alpha value is -1.97. The quantitative estimate of drug-likeness (QED) is 0.571. The predicted octanol–water partition coefficient (Wildman–Crippen LogP) is 0.217. The van der Waals surface area contributed by atoms with Crippen molar-refractivity contribution >= 4 is 21.4 Å². The Morgan fingerprint density at radius 3 is 2.74 bits per heavy atom. The number of nitrogens with zero attached hydrogens (tertiary/aromatic N) is 4. The van der Waals surface area contributed by atoms with E-state index in [9.17, 15) is 23.3 Å². The van der Waals surface area contributed by atoms with Crippen LogP contribution < -0.4 is 0 Å². The highest BCUT2D eigenvalue weighted by Crippen LogP contribution is 2.34. The minimum absolute atomic E-state index is 0.0165. The van der Waals surface area contributed by atoms with E-state index in [1.54, 1.807) is 4.90 Å². The van der Waals surface area contributed by atoms with E-state index >= 15 is 0 Å². The van der Waals surface area contributed by atoms with E-state index in [0.29, 0.717) is 0 Å². The first-order chi connectivity index (χ1) is 10.9. The smallest absolute Gasteiger partial charge is 0.307 e. The molecular weight excluding hydrogens is 324 g/mol. The van der Waals surface area contributed by atoms with Gasteiger partial charge in [-0.3, -0.25) is 19.6 Å². The van der Waals surface area contributed by atoms with Gasteiger partial charge in [-0.15, -0.1) is 0 Å². The highest BCUT2D eigenvalue weighted by molar-refractivity contribution is 7.91. The van der Waals surface area contributed by atoms with Gasteiger partial charge in [0.1, 0.15) is 18.9 Å². The molecule has 0 N–H and O–H groups in total. The lowest BCUT2D eigenvalue weighted by molar-refractivity contribution is -0.385. The first kappa shape index (κ1) is 15.9. The Morgan fingerprint density at radius 1 is 1.43 bits per heavy atom. The molecule has 126 valence electrons. The highest BCUT2D eigenvalue weighted by Gasteiger charge is 2.40. The summed E-state index contributed by atoms with van der Waals surface area (Å²) in [5, 5.41) is 14.5. The largest absolute Gasteiger partial charge is 0.336 e. The third kappa shape index (κ3) is 3.36. The van der Waals surface area contributed by atoms with E-state index in [0.717, 1.165) is 25.5 Å². The standard InChI is InChI=1S/C13H18N4O5S/c18-13(8-15-7-11(6-14-15)17(19)20)16-4-5-23(21,22)9-12(16)10-2-1-3-10/h6-7,10,12H,1-5,8-9H2. The molecular formula is C13H18N4O5S. The van der Waals surface area contributed by atoms with Gasteiger partial charge in [-0.05, 0) is 18.8 Å². The molecule has 1 saturated heterocycles. The van der Waals surface area contributed by atoms with Crippen molar-refractivity contribution in [1.82, 2.24) is 14.7 Å². The van der Waals surface area contributed by atoms with Crippen molar-refractivity contribution < 1.29 is 18.1 Å². The molecule has 1 saturated carbocycles. The molecule has 1 atom stereocenters. The average Bonchev–Trinajstić information content (AvgIpc) is 2.84. The molecule has 1 aliphatic heterocycles. The Kier molecular flexibility index (Phi) is 4.09. The molecule has 1 aromatic rings. The second-order valence-electron chi connectivity index (χ2n) is 6.11. The molecule has 1 unspecified atom stereocenters. The summed E-state index contributed by atoms with van der Waals surface area (Å²) in [5.74, 6) is -0.0140. The molecule has 0 radical (unpaired) electrons. The Balaban J connectivity index is 1.72. The van der Waals surface area contributed by atoms with Gasteiger partial charge in [-0.1, -0.05) is 6.42 Å². The lowest BCUT2D eigenvalue weighted by Gasteiger charge is -2.43. The van der Waals surface area contributed by atoms with E-state index in [4.69, 9.17) is 0 Å². The first-order valence-corrected chi connectivity index (χ1v) is 9.34. The molecule has 0 aromatic carbocycles. The summed E-state index contributed by atoms with van der Waals surface area (Å²) >= 11 is 0. The van der Waals surface area contributed by atoms with E-state index < -0.39 is 14.8 Å². The van der Waals surface area contributed by atoms with Crippen LogP contribution in [0.4, 0.5) is 5.69 Å². The minimum atomic E-state index is -3.11. The van der Waals surface area contributed by atoms with Crippen molar-refractivity contribution in [1.29, 1.82) is 0 Å². The molecule has 10 heteroatoms. The van der Waals surface area contributed by atoms with Crippen molar-refractivity contribution in [2.24, 2.45) is 5.92 Å².